The minimum atomic E-state index is -0.832. The maximum atomic E-state index is 13.5. The van der Waals surface area contributed by atoms with Crippen molar-refractivity contribution in [3.63, 3.8) is 0 Å². The molecule has 0 aliphatic carbocycles. The summed E-state index contributed by atoms with van der Waals surface area (Å²) < 4.78 is 26.6. The summed E-state index contributed by atoms with van der Waals surface area (Å²) in [5.74, 6) is 4.15. The van der Waals surface area contributed by atoms with E-state index in [1.165, 1.54) is 6.07 Å². The van der Waals surface area contributed by atoms with Crippen molar-refractivity contribution in [1.29, 1.82) is 0 Å². The van der Waals surface area contributed by atoms with Crippen LogP contribution >= 0.6 is 0 Å². The fourth-order valence-corrected chi connectivity index (χ4v) is 1.64. The Morgan fingerprint density at radius 3 is 2.62 bits per heavy atom. The second-order valence-electron chi connectivity index (χ2n) is 4.11. The zero-order valence-electron chi connectivity index (χ0n) is 9.63. The van der Waals surface area contributed by atoms with Crippen LogP contribution in [-0.4, -0.2) is 0 Å². The normalized spacial score (nSPS) is 14.8. The first-order chi connectivity index (χ1) is 7.60. The summed E-state index contributed by atoms with van der Waals surface area (Å²) in [5, 5.41) is 0. The number of hydrogen-bond donors (Lipinski definition) is 2. The number of nitrogens with one attached hydrogen (secondary N) is 1. The number of halogens is 2. The highest BCUT2D eigenvalue weighted by molar-refractivity contribution is 5.22. The highest BCUT2D eigenvalue weighted by Gasteiger charge is 2.18. The number of nitrogens with two attached hydrogens (primary N) is 1. The number of hydrazine groups is 1. The van der Waals surface area contributed by atoms with Crippen molar-refractivity contribution < 1.29 is 8.78 Å². The predicted octanol–water partition coefficient (Wildman–Crippen LogP) is 2.91. The van der Waals surface area contributed by atoms with E-state index in [1.807, 2.05) is 0 Å². The fourth-order valence-electron chi connectivity index (χ4n) is 1.64. The van der Waals surface area contributed by atoms with Gasteiger partial charge in [-0.25, -0.2) is 8.78 Å². The van der Waals surface area contributed by atoms with Gasteiger partial charge >= 0.3 is 0 Å². The van der Waals surface area contributed by atoms with E-state index in [9.17, 15) is 8.78 Å². The average molecular weight is 228 g/mol. The molecule has 0 aromatic heterocycles. The van der Waals surface area contributed by atoms with Gasteiger partial charge < -0.3 is 0 Å². The van der Waals surface area contributed by atoms with Crippen molar-refractivity contribution >= 4 is 0 Å². The van der Waals surface area contributed by atoms with Crippen molar-refractivity contribution in [2.24, 2.45) is 11.8 Å². The molecule has 2 atom stereocenters. The average Bonchev–Trinajstić information content (AvgIpc) is 2.29. The van der Waals surface area contributed by atoms with Crippen LogP contribution in [0.1, 0.15) is 38.3 Å². The second kappa shape index (κ2) is 5.92. The molecule has 1 rings (SSSR count). The minimum absolute atomic E-state index is 0.294. The van der Waals surface area contributed by atoms with E-state index in [1.54, 1.807) is 6.07 Å². The molecule has 0 spiro atoms. The molecule has 0 saturated heterocycles. The smallest absolute Gasteiger partial charge is 0.163 e. The Hall–Kier alpha value is -1.00. The monoisotopic (exact) mass is 228 g/mol. The van der Waals surface area contributed by atoms with Gasteiger partial charge in [0.2, 0.25) is 0 Å². The molecule has 0 radical (unpaired) electrons. The third-order valence-electron chi connectivity index (χ3n) is 2.89. The van der Waals surface area contributed by atoms with Gasteiger partial charge in [0.05, 0.1) is 0 Å². The zero-order valence-corrected chi connectivity index (χ0v) is 9.63. The van der Waals surface area contributed by atoms with E-state index >= 15 is 0 Å². The quantitative estimate of drug-likeness (QED) is 0.600. The lowest BCUT2D eigenvalue weighted by molar-refractivity contribution is 0.389. The molecule has 0 aliphatic rings. The lowest BCUT2D eigenvalue weighted by Crippen LogP contribution is -2.30. The summed E-state index contributed by atoms with van der Waals surface area (Å²) in [5.41, 5.74) is 2.84. The first-order valence-electron chi connectivity index (χ1n) is 5.50. The van der Waals surface area contributed by atoms with Crippen molar-refractivity contribution in [2.45, 2.75) is 32.7 Å². The van der Waals surface area contributed by atoms with Gasteiger partial charge in [-0.3, -0.25) is 11.3 Å². The van der Waals surface area contributed by atoms with E-state index in [2.05, 4.69) is 19.3 Å². The molecule has 4 heteroatoms. The van der Waals surface area contributed by atoms with Gasteiger partial charge in [0.1, 0.15) is 0 Å². The summed E-state index contributed by atoms with van der Waals surface area (Å²) in [6.07, 6.45) is 1.67. The third-order valence-corrected chi connectivity index (χ3v) is 2.89. The summed E-state index contributed by atoms with van der Waals surface area (Å²) in [6, 6.07) is 3.82. The topological polar surface area (TPSA) is 38.0 Å². The van der Waals surface area contributed by atoms with E-state index in [0.29, 0.717) is 17.9 Å². The van der Waals surface area contributed by atoms with Crippen LogP contribution in [0.5, 0.6) is 0 Å². The van der Waals surface area contributed by atoms with Gasteiger partial charge in [-0.1, -0.05) is 32.4 Å². The SMILES string of the molecule is CCC(C)CC(NN)c1cccc(F)c1F. The van der Waals surface area contributed by atoms with Crippen molar-refractivity contribution in [3.8, 4) is 0 Å². The molecule has 1 aromatic rings. The molecule has 2 nitrogen and oxygen atoms in total. The molecule has 1 aromatic carbocycles. The lowest BCUT2D eigenvalue weighted by atomic mass is 9.94. The zero-order chi connectivity index (χ0) is 12.1. The molecular weight excluding hydrogens is 210 g/mol. The molecule has 2 unspecified atom stereocenters. The van der Waals surface area contributed by atoms with E-state index in [4.69, 9.17) is 5.84 Å². The lowest BCUT2D eigenvalue weighted by Gasteiger charge is -2.20. The predicted molar refractivity (Wildman–Crippen MR) is 60.5 cm³/mol. The van der Waals surface area contributed by atoms with Crippen LogP contribution in [-0.2, 0) is 0 Å². The van der Waals surface area contributed by atoms with Crippen LogP contribution in [0.15, 0.2) is 18.2 Å². The molecule has 0 bridgehead atoms. The Labute approximate surface area is 94.8 Å². The summed E-state index contributed by atoms with van der Waals surface area (Å²) in [6.45, 7) is 4.11. The largest absolute Gasteiger partial charge is 0.271 e. The van der Waals surface area contributed by atoms with Crippen LogP contribution < -0.4 is 11.3 Å². The molecule has 0 fully saturated rings. The molecule has 0 aliphatic heterocycles. The van der Waals surface area contributed by atoms with Gasteiger partial charge in [0, 0.05) is 11.6 Å². The van der Waals surface area contributed by atoms with E-state index in [0.717, 1.165) is 12.5 Å². The highest BCUT2D eigenvalue weighted by atomic mass is 19.2. The van der Waals surface area contributed by atoms with Gasteiger partial charge in [-0.05, 0) is 18.4 Å². The maximum absolute atomic E-state index is 13.5. The van der Waals surface area contributed by atoms with Crippen LogP contribution in [0.4, 0.5) is 8.78 Å². The van der Waals surface area contributed by atoms with E-state index < -0.39 is 11.6 Å². The number of hydrogen-bond acceptors (Lipinski definition) is 2. The number of rotatable bonds is 5. The Bertz CT molecular complexity index is 342. The van der Waals surface area contributed by atoms with Gasteiger partial charge in [0.25, 0.3) is 0 Å². The summed E-state index contributed by atoms with van der Waals surface area (Å²) in [4.78, 5) is 0. The molecule has 3 N–H and O–H groups in total. The van der Waals surface area contributed by atoms with E-state index in [-0.39, 0.29) is 6.04 Å². The van der Waals surface area contributed by atoms with Crippen LogP contribution in [0.3, 0.4) is 0 Å². The third kappa shape index (κ3) is 3.00. The van der Waals surface area contributed by atoms with Crippen molar-refractivity contribution in [2.75, 3.05) is 0 Å². The van der Waals surface area contributed by atoms with Gasteiger partial charge in [-0.2, -0.15) is 0 Å². The van der Waals surface area contributed by atoms with Crippen molar-refractivity contribution in [1.82, 2.24) is 5.43 Å². The first kappa shape index (κ1) is 13.1. The van der Waals surface area contributed by atoms with Crippen molar-refractivity contribution in [3.05, 3.63) is 35.4 Å². The second-order valence-corrected chi connectivity index (χ2v) is 4.11. The molecular formula is C12H18F2N2. The van der Waals surface area contributed by atoms with Crippen LogP contribution in [0.2, 0.25) is 0 Å². The standard InChI is InChI=1S/C12H18F2N2/c1-3-8(2)7-11(16-15)9-5-4-6-10(13)12(9)14/h4-6,8,11,16H,3,7,15H2,1-2H3. The molecule has 0 saturated carbocycles. The Kier molecular flexibility index (Phi) is 4.83. The van der Waals surface area contributed by atoms with Crippen LogP contribution in [0, 0.1) is 17.6 Å². The fraction of sp³-hybridized carbons (Fsp3) is 0.500. The highest BCUT2D eigenvalue weighted by Crippen LogP contribution is 2.25. The molecule has 16 heavy (non-hydrogen) atoms. The maximum Gasteiger partial charge on any atom is 0.163 e. The Morgan fingerprint density at radius 1 is 1.38 bits per heavy atom. The molecule has 0 heterocycles. The van der Waals surface area contributed by atoms with Gasteiger partial charge in [-0.15, -0.1) is 0 Å². The molecule has 90 valence electrons. The number of benzene rings is 1. The molecule has 0 amide bonds. The summed E-state index contributed by atoms with van der Waals surface area (Å²) >= 11 is 0. The van der Waals surface area contributed by atoms with Crippen LogP contribution in [0.25, 0.3) is 0 Å². The van der Waals surface area contributed by atoms with Gasteiger partial charge in [0.15, 0.2) is 11.6 Å². The summed E-state index contributed by atoms with van der Waals surface area (Å²) in [7, 11) is 0. The Balaban J connectivity index is 2.90. The Morgan fingerprint density at radius 2 is 2.06 bits per heavy atom. The minimum Gasteiger partial charge on any atom is -0.271 e. The first-order valence-corrected chi connectivity index (χ1v) is 5.50.